The molecule has 29 heavy (non-hydrogen) atoms. The number of nitrogens with zero attached hydrogens (tertiary/aromatic N) is 1. The molecule has 1 aromatic rings. The minimum absolute atomic E-state index is 0.00609. The zero-order valence-corrected chi connectivity index (χ0v) is 20.1. The number of aliphatic hydroxyl groups excluding tert-OH is 1. The molecule has 0 saturated heterocycles. The quantitative estimate of drug-likeness (QED) is 0.605. The maximum Gasteiger partial charge on any atom is 0.224 e. The molecule has 1 amide bonds. The van der Waals surface area contributed by atoms with Crippen LogP contribution in [0.25, 0.3) is 0 Å². The molecule has 4 heteroatoms. The van der Waals surface area contributed by atoms with Crippen LogP contribution < -0.4 is 5.32 Å². The fourth-order valence-electron chi connectivity index (χ4n) is 4.18. The zero-order valence-electron chi connectivity index (χ0n) is 20.1. The van der Waals surface area contributed by atoms with Gasteiger partial charge >= 0.3 is 0 Å². The van der Waals surface area contributed by atoms with Crippen LogP contribution in [0.15, 0.2) is 30.3 Å². The van der Waals surface area contributed by atoms with Gasteiger partial charge in [-0.1, -0.05) is 85.7 Å². The molecule has 3 atom stereocenters. The van der Waals surface area contributed by atoms with Crippen LogP contribution in [0.3, 0.4) is 0 Å². The molecule has 0 fully saturated rings. The van der Waals surface area contributed by atoms with Gasteiger partial charge < -0.3 is 10.4 Å². The molecule has 0 aromatic heterocycles. The molecule has 0 aliphatic heterocycles. The molecule has 1 rings (SSSR count). The molecule has 1 aromatic carbocycles. The van der Waals surface area contributed by atoms with Gasteiger partial charge in [0.05, 0.1) is 6.61 Å². The number of nitrogens with one attached hydrogen (secondary N) is 1. The first-order valence-corrected chi connectivity index (χ1v) is 11.0. The van der Waals surface area contributed by atoms with Crippen LogP contribution in [-0.2, 0) is 10.2 Å². The third-order valence-corrected chi connectivity index (χ3v) is 6.47. The third-order valence-electron chi connectivity index (χ3n) is 6.47. The Morgan fingerprint density at radius 1 is 1.10 bits per heavy atom. The number of likely N-dealkylation sites (N-methyl/N-ethyl adjacent to an activating group) is 1. The minimum Gasteiger partial charge on any atom is -0.395 e. The first-order valence-electron chi connectivity index (χ1n) is 11.0. The molecule has 0 aliphatic carbocycles. The van der Waals surface area contributed by atoms with E-state index in [-0.39, 0.29) is 41.3 Å². The smallest absolute Gasteiger partial charge is 0.224 e. The first-order chi connectivity index (χ1) is 13.4. The van der Waals surface area contributed by atoms with Gasteiger partial charge in [0.25, 0.3) is 0 Å². The van der Waals surface area contributed by atoms with Crippen molar-refractivity contribution in [1.82, 2.24) is 10.2 Å². The van der Waals surface area contributed by atoms with Crippen molar-refractivity contribution in [3.63, 3.8) is 0 Å². The summed E-state index contributed by atoms with van der Waals surface area (Å²) in [6.07, 6.45) is 0.783. The van der Waals surface area contributed by atoms with Crippen molar-refractivity contribution < 1.29 is 9.90 Å². The minimum atomic E-state index is -0.250. The molecule has 0 saturated carbocycles. The van der Waals surface area contributed by atoms with Crippen LogP contribution in [0.2, 0.25) is 0 Å². The van der Waals surface area contributed by atoms with Gasteiger partial charge in [-0.05, 0) is 30.4 Å². The highest BCUT2D eigenvalue weighted by Gasteiger charge is 2.38. The van der Waals surface area contributed by atoms with E-state index >= 15 is 0 Å². The molecular formula is C25H44N2O2. The highest BCUT2D eigenvalue weighted by atomic mass is 16.3. The number of benzene rings is 1. The predicted octanol–water partition coefficient (Wildman–Crippen LogP) is 4.47. The van der Waals surface area contributed by atoms with Crippen molar-refractivity contribution >= 4 is 5.91 Å². The fourth-order valence-corrected chi connectivity index (χ4v) is 4.18. The number of carbonyl (C=O) groups excluding carboxylic acids is 1. The maximum absolute atomic E-state index is 13.4. The Kier molecular flexibility index (Phi) is 9.36. The summed E-state index contributed by atoms with van der Waals surface area (Å²) in [5.41, 5.74) is 0.849. The van der Waals surface area contributed by atoms with Crippen molar-refractivity contribution in [3.05, 3.63) is 35.9 Å². The SMILES string of the molecule is CC[C@H](C(=O)N[C@H](CN(C)[C@H](CO)C(C)C)C(C)(C)C)C(C)(C)c1ccccc1. The number of carbonyl (C=O) groups is 1. The maximum atomic E-state index is 13.4. The van der Waals surface area contributed by atoms with E-state index < -0.39 is 0 Å². The van der Waals surface area contributed by atoms with Crippen molar-refractivity contribution in [2.24, 2.45) is 17.3 Å². The second-order valence-corrected chi connectivity index (χ2v) is 10.4. The Bertz CT molecular complexity index is 619. The molecule has 0 bridgehead atoms. The Morgan fingerprint density at radius 3 is 2.07 bits per heavy atom. The summed E-state index contributed by atoms with van der Waals surface area (Å²) < 4.78 is 0. The monoisotopic (exact) mass is 404 g/mol. The van der Waals surface area contributed by atoms with Gasteiger partial charge in [-0.2, -0.15) is 0 Å². The van der Waals surface area contributed by atoms with E-state index in [0.29, 0.717) is 12.5 Å². The van der Waals surface area contributed by atoms with Crippen molar-refractivity contribution in [3.8, 4) is 0 Å². The van der Waals surface area contributed by atoms with Gasteiger partial charge in [0.1, 0.15) is 0 Å². The van der Waals surface area contributed by atoms with Gasteiger partial charge in [0.15, 0.2) is 0 Å². The van der Waals surface area contributed by atoms with E-state index in [4.69, 9.17) is 0 Å². The molecule has 0 aliphatic rings. The van der Waals surface area contributed by atoms with Gasteiger partial charge in [-0.25, -0.2) is 0 Å². The Hall–Kier alpha value is -1.39. The standard InChI is InChI=1S/C25H44N2O2/c1-10-20(25(7,8)19-14-12-11-13-15-19)23(29)26-22(24(4,5)6)16-27(9)21(17-28)18(2)3/h11-15,18,20-22,28H,10,16-17H2,1-9H3,(H,26,29)/t20-,21-,22-/m1/s1. The van der Waals surface area contributed by atoms with E-state index in [9.17, 15) is 9.90 Å². The largest absolute Gasteiger partial charge is 0.395 e. The molecule has 0 spiro atoms. The van der Waals surface area contributed by atoms with Crippen molar-refractivity contribution in [1.29, 1.82) is 0 Å². The summed E-state index contributed by atoms with van der Waals surface area (Å²) in [6.45, 7) is 18.0. The van der Waals surface area contributed by atoms with E-state index in [1.807, 2.05) is 25.2 Å². The highest BCUT2D eigenvalue weighted by molar-refractivity contribution is 5.80. The molecule has 4 nitrogen and oxygen atoms in total. The summed E-state index contributed by atoms with van der Waals surface area (Å²) in [5.74, 6) is 0.347. The predicted molar refractivity (Wildman–Crippen MR) is 123 cm³/mol. The molecule has 166 valence electrons. The Labute approximate surface area is 179 Å². The number of rotatable bonds is 10. The lowest BCUT2D eigenvalue weighted by atomic mass is 9.71. The summed E-state index contributed by atoms with van der Waals surface area (Å²) >= 11 is 0. The van der Waals surface area contributed by atoms with Crippen molar-refractivity contribution in [2.75, 3.05) is 20.2 Å². The first kappa shape index (κ1) is 25.6. The van der Waals surface area contributed by atoms with E-state index in [2.05, 4.69) is 77.7 Å². The molecule has 2 N–H and O–H groups in total. The summed E-state index contributed by atoms with van der Waals surface area (Å²) in [4.78, 5) is 15.6. The summed E-state index contributed by atoms with van der Waals surface area (Å²) in [6, 6.07) is 10.4. The van der Waals surface area contributed by atoms with Crippen molar-refractivity contribution in [2.45, 2.75) is 79.3 Å². The summed E-state index contributed by atoms with van der Waals surface area (Å²) in [5, 5.41) is 13.2. The second kappa shape index (κ2) is 10.6. The van der Waals surface area contributed by atoms with Crippen LogP contribution in [-0.4, -0.2) is 48.2 Å². The lowest BCUT2D eigenvalue weighted by Gasteiger charge is -2.40. The summed E-state index contributed by atoms with van der Waals surface area (Å²) in [7, 11) is 2.04. The number of hydrogen-bond donors (Lipinski definition) is 2. The molecule has 0 radical (unpaired) electrons. The van der Waals surface area contributed by atoms with E-state index in [0.717, 1.165) is 6.42 Å². The average Bonchev–Trinajstić information content (AvgIpc) is 2.61. The zero-order chi connectivity index (χ0) is 22.4. The van der Waals surface area contributed by atoms with E-state index in [1.54, 1.807) is 0 Å². The second-order valence-electron chi connectivity index (χ2n) is 10.4. The van der Waals surface area contributed by atoms with Crippen LogP contribution in [0.5, 0.6) is 0 Å². The Balaban J connectivity index is 3.04. The molecule has 0 unspecified atom stereocenters. The van der Waals surface area contributed by atoms with Gasteiger partial charge in [0, 0.05) is 30.0 Å². The van der Waals surface area contributed by atoms with Crippen LogP contribution in [0, 0.1) is 17.3 Å². The number of amides is 1. The lowest BCUT2D eigenvalue weighted by molar-refractivity contribution is -0.128. The van der Waals surface area contributed by atoms with Crippen LogP contribution in [0.1, 0.15) is 67.4 Å². The van der Waals surface area contributed by atoms with Gasteiger partial charge in [0.2, 0.25) is 5.91 Å². The van der Waals surface area contributed by atoms with Gasteiger partial charge in [-0.15, -0.1) is 0 Å². The Morgan fingerprint density at radius 2 is 1.66 bits per heavy atom. The third kappa shape index (κ3) is 6.82. The fraction of sp³-hybridized carbons (Fsp3) is 0.720. The molecule has 0 heterocycles. The molecular weight excluding hydrogens is 360 g/mol. The van der Waals surface area contributed by atoms with Gasteiger partial charge in [-0.3, -0.25) is 9.69 Å². The highest BCUT2D eigenvalue weighted by Crippen LogP contribution is 2.34. The average molecular weight is 405 g/mol. The van der Waals surface area contributed by atoms with Crippen LogP contribution in [0.4, 0.5) is 0 Å². The van der Waals surface area contributed by atoms with E-state index in [1.165, 1.54) is 5.56 Å². The van der Waals surface area contributed by atoms with Crippen LogP contribution >= 0.6 is 0 Å². The number of hydrogen-bond acceptors (Lipinski definition) is 3. The topological polar surface area (TPSA) is 52.6 Å². The normalized spacial score (nSPS) is 16.0. The lowest BCUT2D eigenvalue weighted by Crippen LogP contribution is -2.55. The number of aliphatic hydroxyl groups is 1.